The molecule has 4 aromatic rings. The predicted molar refractivity (Wildman–Crippen MR) is 142 cm³/mol. The van der Waals surface area contributed by atoms with Gasteiger partial charge in [-0.05, 0) is 53.6 Å². The molecule has 0 bridgehead atoms. The van der Waals surface area contributed by atoms with E-state index in [0.29, 0.717) is 15.8 Å². The number of nitrogens with one attached hydrogen (secondary N) is 2. The first-order valence-corrected chi connectivity index (χ1v) is 13.1. The van der Waals surface area contributed by atoms with Gasteiger partial charge in [-0.1, -0.05) is 83.9 Å². The average molecular weight is 541 g/mol. The molecule has 9 heteroatoms. The minimum absolute atomic E-state index is 0.0172. The normalized spacial score (nSPS) is 11.2. The van der Waals surface area contributed by atoms with E-state index in [-0.39, 0.29) is 29.1 Å². The fourth-order valence-electron chi connectivity index (χ4n) is 3.54. The summed E-state index contributed by atoms with van der Waals surface area (Å²) >= 11 is 11.9. The largest absolute Gasteiger partial charge is 0.484 e. The molecule has 184 valence electrons. The van der Waals surface area contributed by atoms with Crippen molar-refractivity contribution in [3.05, 3.63) is 124 Å². The monoisotopic (exact) mass is 540 g/mol. The molecule has 0 saturated heterocycles. The molecule has 2 N–H and O–H groups in total. The summed E-state index contributed by atoms with van der Waals surface area (Å²) in [6, 6.07) is 29.1. The lowest BCUT2D eigenvalue weighted by atomic mass is 9.99. The molecule has 0 fully saturated rings. The first kappa shape index (κ1) is 25.6. The van der Waals surface area contributed by atoms with Crippen LogP contribution in [0.25, 0.3) is 0 Å². The molecule has 0 heterocycles. The second kappa shape index (κ2) is 11.5. The van der Waals surface area contributed by atoms with Crippen LogP contribution in [0, 0.1) is 0 Å². The second-order valence-corrected chi connectivity index (χ2v) is 10.4. The van der Waals surface area contributed by atoms with Crippen molar-refractivity contribution in [2.45, 2.75) is 10.9 Å². The van der Waals surface area contributed by atoms with Crippen LogP contribution in [-0.4, -0.2) is 20.9 Å². The van der Waals surface area contributed by atoms with Crippen LogP contribution in [0.4, 0.5) is 5.69 Å². The smallest absolute Gasteiger partial charge is 0.261 e. The third-order valence-corrected chi connectivity index (χ3v) is 7.02. The van der Waals surface area contributed by atoms with Crippen LogP contribution in [0.5, 0.6) is 5.75 Å². The molecule has 4 rings (SSSR count). The molecule has 0 spiro atoms. The Morgan fingerprint density at radius 1 is 0.778 bits per heavy atom. The molecule has 0 aliphatic rings. The van der Waals surface area contributed by atoms with Gasteiger partial charge in [0.1, 0.15) is 5.75 Å². The van der Waals surface area contributed by atoms with Crippen LogP contribution in [0.3, 0.4) is 0 Å². The maximum absolute atomic E-state index is 12.7. The minimum atomic E-state index is -3.87. The second-order valence-electron chi connectivity index (χ2n) is 7.85. The molecule has 0 aromatic heterocycles. The van der Waals surface area contributed by atoms with E-state index in [4.69, 9.17) is 27.9 Å². The summed E-state index contributed by atoms with van der Waals surface area (Å²) in [5.41, 5.74) is 2.14. The highest BCUT2D eigenvalue weighted by molar-refractivity contribution is 7.92. The third kappa shape index (κ3) is 6.79. The summed E-state index contributed by atoms with van der Waals surface area (Å²) in [5.74, 6) is 0.0368. The van der Waals surface area contributed by atoms with Crippen molar-refractivity contribution in [2.75, 3.05) is 11.3 Å². The first-order chi connectivity index (χ1) is 17.3. The van der Waals surface area contributed by atoms with E-state index in [1.807, 2.05) is 60.7 Å². The van der Waals surface area contributed by atoms with Crippen LogP contribution in [0.15, 0.2) is 108 Å². The minimum Gasteiger partial charge on any atom is -0.484 e. The van der Waals surface area contributed by atoms with Gasteiger partial charge in [-0.3, -0.25) is 9.52 Å². The maximum atomic E-state index is 12.7. The lowest BCUT2D eigenvalue weighted by Crippen LogP contribution is -2.33. The molecule has 0 aliphatic heterocycles. The molecule has 6 nitrogen and oxygen atoms in total. The topological polar surface area (TPSA) is 84.5 Å². The summed E-state index contributed by atoms with van der Waals surface area (Å²) in [6.45, 7) is -0.235. The highest BCUT2D eigenvalue weighted by Crippen LogP contribution is 2.26. The van der Waals surface area contributed by atoms with Gasteiger partial charge in [0.15, 0.2) is 6.61 Å². The predicted octanol–water partition coefficient (Wildman–Crippen LogP) is 6.08. The summed E-state index contributed by atoms with van der Waals surface area (Å²) in [6.07, 6.45) is 0. The third-order valence-electron chi connectivity index (χ3n) is 5.19. The van der Waals surface area contributed by atoms with E-state index in [1.165, 1.54) is 42.5 Å². The number of hydrogen-bond donors (Lipinski definition) is 2. The Hall–Kier alpha value is -3.52. The standard InChI is InChI=1S/C27H22Cl2N2O4S/c28-21-15-22(29)17-23(16-21)31-36(33,34)25-13-11-24(12-14-25)35-18-26(32)30-27(19-7-3-1-4-8-19)20-9-5-2-6-10-20/h1-17,27,31H,18H2,(H,30,32). The summed E-state index contributed by atoms with van der Waals surface area (Å²) < 4.78 is 33.4. The number of carbonyl (C=O) groups excluding carboxylic acids is 1. The zero-order valence-electron chi connectivity index (χ0n) is 18.9. The highest BCUT2D eigenvalue weighted by atomic mass is 35.5. The van der Waals surface area contributed by atoms with Crippen LogP contribution < -0.4 is 14.8 Å². The Bertz CT molecular complexity index is 1370. The molecule has 1 amide bonds. The molecule has 0 unspecified atom stereocenters. The van der Waals surface area contributed by atoms with Crippen LogP contribution in [-0.2, 0) is 14.8 Å². The number of carbonyl (C=O) groups is 1. The summed E-state index contributed by atoms with van der Waals surface area (Å²) in [4.78, 5) is 12.7. The zero-order valence-corrected chi connectivity index (χ0v) is 21.2. The fraction of sp³-hybridized carbons (Fsp3) is 0.0741. The van der Waals surface area contributed by atoms with Crippen LogP contribution in [0.2, 0.25) is 10.0 Å². The van der Waals surface area contributed by atoms with E-state index in [9.17, 15) is 13.2 Å². The van der Waals surface area contributed by atoms with Gasteiger partial charge in [0.2, 0.25) is 0 Å². The van der Waals surface area contributed by atoms with Gasteiger partial charge < -0.3 is 10.1 Å². The number of halogens is 2. The number of sulfonamides is 1. The molecular formula is C27H22Cl2N2O4S. The Labute approximate surface area is 219 Å². The van der Waals surface area contributed by atoms with Crippen molar-refractivity contribution >= 4 is 44.8 Å². The van der Waals surface area contributed by atoms with E-state index in [2.05, 4.69) is 10.0 Å². The van der Waals surface area contributed by atoms with E-state index < -0.39 is 10.0 Å². The van der Waals surface area contributed by atoms with Crippen LogP contribution >= 0.6 is 23.2 Å². The Kier molecular flexibility index (Phi) is 8.15. The molecule has 0 radical (unpaired) electrons. The molecule has 0 atom stereocenters. The maximum Gasteiger partial charge on any atom is 0.261 e. The van der Waals surface area contributed by atoms with Crippen molar-refractivity contribution in [3.8, 4) is 5.75 Å². The van der Waals surface area contributed by atoms with Crippen molar-refractivity contribution in [1.29, 1.82) is 0 Å². The Morgan fingerprint density at radius 2 is 1.31 bits per heavy atom. The molecular weight excluding hydrogens is 519 g/mol. The average Bonchev–Trinajstić information content (AvgIpc) is 2.86. The van der Waals surface area contributed by atoms with Gasteiger partial charge in [-0.15, -0.1) is 0 Å². The van der Waals surface area contributed by atoms with Gasteiger partial charge in [-0.25, -0.2) is 8.42 Å². The number of amides is 1. The van der Waals surface area contributed by atoms with Crippen molar-refractivity contribution in [3.63, 3.8) is 0 Å². The Balaban J connectivity index is 1.39. The molecule has 4 aromatic carbocycles. The van der Waals surface area contributed by atoms with Gasteiger partial charge in [0.25, 0.3) is 15.9 Å². The lowest BCUT2D eigenvalue weighted by molar-refractivity contribution is -0.123. The van der Waals surface area contributed by atoms with Crippen LogP contribution in [0.1, 0.15) is 17.2 Å². The lowest BCUT2D eigenvalue weighted by Gasteiger charge is -2.20. The number of benzene rings is 4. The van der Waals surface area contributed by atoms with Crippen molar-refractivity contribution in [1.82, 2.24) is 5.32 Å². The zero-order chi connectivity index (χ0) is 25.5. The van der Waals surface area contributed by atoms with E-state index in [1.54, 1.807) is 0 Å². The summed E-state index contributed by atoms with van der Waals surface area (Å²) in [7, 11) is -3.87. The van der Waals surface area contributed by atoms with Gasteiger partial charge in [0.05, 0.1) is 16.6 Å². The van der Waals surface area contributed by atoms with Gasteiger partial charge in [0, 0.05) is 10.0 Å². The highest BCUT2D eigenvalue weighted by Gasteiger charge is 2.18. The van der Waals surface area contributed by atoms with Crippen molar-refractivity contribution in [2.24, 2.45) is 0 Å². The SMILES string of the molecule is O=C(COc1ccc(S(=O)(=O)Nc2cc(Cl)cc(Cl)c2)cc1)NC(c1ccccc1)c1ccccc1. The van der Waals surface area contributed by atoms with Gasteiger partial charge in [-0.2, -0.15) is 0 Å². The quantitative estimate of drug-likeness (QED) is 0.269. The van der Waals surface area contributed by atoms with E-state index >= 15 is 0 Å². The molecule has 0 aliphatic carbocycles. The first-order valence-electron chi connectivity index (χ1n) is 10.9. The summed E-state index contributed by atoms with van der Waals surface area (Å²) in [5, 5.41) is 3.62. The molecule has 0 saturated carbocycles. The fourth-order valence-corrected chi connectivity index (χ4v) is 5.11. The number of anilines is 1. The van der Waals surface area contributed by atoms with Gasteiger partial charge >= 0.3 is 0 Å². The van der Waals surface area contributed by atoms with E-state index in [0.717, 1.165) is 11.1 Å². The Morgan fingerprint density at radius 3 is 1.83 bits per heavy atom. The number of rotatable bonds is 9. The molecule has 36 heavy (non-hydrogen) atoms. The number of ether oxygens (including phenoxy) is 1. The van der Waals surface area contributed by atoms with Crippen molar-refractivity contribution < 1.29 is 17.9 Å². The number of hydrogen-bond acceptors (Lipinski definition) is 4.